The van der Waals surface area contributed by atoms with Crippen molar-refractivity contribution in [3.63, 3.8) is 0 Å². The molecule has 0 spiro atoms. The van der Waals surface area contributed by atoms with Crippen molar-refractivity contribution >= 4 is 28.8 Å². The summed E-state index contributed by atoms with van der Waals surface area (Å²) in [7, 11) is 0. The lowest BCUT2D eigenvalue weighted by molar-refractivity contribution is 0.0767. The van der Waals surface area contributed by atoms with Gasteiger partial charge in [-0.2, -0.15) is 0 Å². The molecule has 2 aromatic rings. The molecule has 1 aromatic carbocycles. The smallest absolute Gasteiger partial charge is 0.256 e. The van der Waals surface area contributed by atoms with Gasteiger partial charge in [-0.05, 0) is 24.6 Å². The van der Waals surface area contributed by atoms with Gasteiger partial charge in [0.25, 0.3) is 5.91 Å². The lowest BCUT2D eigenvalue weighted by Gasteiger charge is -2.19. The van der Waals surface area contributed by atoms with Gasteiger partial charge in [0.15, 0.2) is 0 Å². The van der Waals surface area contributed by atoms with E-state index in [0.717, 1.165) is 43.0 Å². The molecule has 2 heterocycles. The largest absolute Gasteiger partial charge is 0.337 e. The number of carbonyl (C=O) groups excluding carboxylic acids is 1. The predicted molar refractivity (Wildman–Crippen MR) is 88.2 cm³/mol. The minimum absolute atomic E-state index is 0.0436. The highest BCUT2D eigenvalue weighted by atomic mass is 35.5. The van der Waals surface area contributed by atoms with Gasteiger partial charge in [0.2, 0.25) is 0 Å². The van der Waals surface area contributed by atoms with Gasteiger partial charge in [0, 0.05) is 24.5 Å². The van der Waals surface area contributed by atoms with Gasteiger partial charge in [-0.25, -0.2) is 0 Å². The van der Waals surface area contributed by atoms with E-state index in [1.54, 1.807) is 0 Å². The van der Waals surface area contributed by atoms with Crippen molar-refractivity contribution in [3.05, 3.63) is 46.3 Å². The molecule has 1 saturated heterocycles. The molecule has 0 atom stereocenters. The van der Waals surface area contributed by atoms with Crippen molar-refractivity contribution < 1.29 is 4.79 Å². The van der Waals surface area contributed by atoms with Crippen molar-refractivity contribution in [1.82, 2.24) is 10.2 Å². The summed E-state index contributed by atoms with van der Waals surface area (Å²) in [6.07, 6.45) is 0.985. The maximum Gasteiger partial charge on any atom is 0.256 e. The zero-order valence-corrected chi connectivity index (χ0v) is 13.2. The summed E-state index contributed by atoms with van der Waals surface area (Å²) in [5.41, 5.74) is 1.73. The van der Waals surface area contributed by atoms with Crippen LogP contribution in [0.2, 0.25) is 4.34 Å². The highest BCUT2D eigenvalue weighted by Gasteiger charge is 2.22. The normalized spacial score (nSPS) is 15.8. The van der Waals surface area contributed by atoms with Crippen LogP contribution in [-0.2, 0) is 0 Å². The number of hydrogen-bond donors (Lipinski definition) is 1. The lowest BCUT2D eigenvalue weighted by Crippen LogP contribution is -2.34. The zero-order valence-electron chi connectivity index (χ0n) is 11.6. The van der Waals surface area contributed by atoms with Crippen molar-refractivity contribution in [2.45, 2.75) is 6.42 Å². The Morgan fingerprint density at radius 2 is 2.00 bits per heavy atom. The van der Waals surface area contributed by atoms with Crippen LogP contribution in [0.1, 0.15) is 16.8 Å². The summed E-state index contributed by atoms with van der Waals surface area (Å²) in [5, 5.41) is 3.30. The first-order chi connectivity index (χ1) is 10.3. The SMILES string of the molecule is O=C(c1cc(-c2ccccc2)sc1Cl)N1CCCNCC1. The molecule has 1 aliphatic heterocycles. The maximum atomic E-state index is 12.6. The molecule has 21 heavy (non-hydrogen) atoms. The van der Waals surface area contributed by atoms with Crippen molar-refractivity contribution in [3.8, 4) is 10.4 Å². The van der Waals surface area contributed by atoms with Gasteiger partial charge >= 0.3 is 0 Å². The highest BCUT2D eigenvalue weighted by Crippen LogP contribution is 2.35. The molecule has 1 fully saturated rings. The fourth-order valence-electron chi connectivity index (χ4n) is 2.48. The van der Waals surface area contributed by atoms with E-state index in [1.807, 2.05) is 41.3 Å². The van der Waals surface area contributed by atoms with Crippen molar-refractivity contribution in [2.24, 2.45) is 0 Å². The number of nitrogens with zero attached hydrogens (tertiary/aromatic N) is 1. The Morgan fingerprint density at radius 3 is 2.81 bits per heavy atom. The summed E-state index contributed by atoms with van der Waals surface area (Å²) in [6, 6.07) is 12.0. The van der Waals surface area contributed by atoms with Crippen LogP contribution < -0.4 is 5.32 Å². The highest BCUT2D eigenvalue weighted by molar-refractivity contribution is 7.19. The molecule has 1 amide bonds. The van der Waals surface area contributed by atoms with Crippen LogP contribution >= 0.6 is 22.9 Å². The van der Waals surface area contributed by atoms with Gasteiger partial charge < -0.3 is 10.2 Å². The molecule has 110 valence electrons. The van der Waals surface area contributed by atoms with E-state index in [-0.39, 0.29) is 5.91 Å². The Labute approximate surface area is 133 Å². The standard InChI is InChI=1S/C16H17ClN2OS/c17-15-13(16(20)19-9-4-7-18-8-10-19)11-14(21-15)12-5-2-1-3-6-12/h1-3,5-6,11,18H,4,7-10H2. The number of benzene rings is 1. The second-order valence-corrected chi connectivity index (χ2v) is 6.71. The minimum atomic E-state index is 0.0436. The van der Waals surface area contributed by atoms with Crippen LogP contribution in [0.4, 0.5) is 0 Å². The fraction of sp³-hybridized carbons (Fsp3) is 0.312. The third-order valence-electron chi connectivity index (χ3n) is 3.60. The number of carbonyl (C=O) groups is 1. The van der Waals surface area contributed by atoms with Crippen LogP contribution in [0, 0.1) is 0 Å². The summed E-state index contributed by atoms with van der Waals surface area (Å²) in [5.74, 6) is 0.0436. The third-order valence-corrected chi connectivity index (χ3v) is 5.01. The molecule has 3 rings (SSSR count). The fourth-order valence-corrected chi connectivity index (χ4v) is 3.74. The molecule has 0 aliphatic carbocycles. The van der Waals surface area contributed by atoms with Gasteiger partial charge in [-0.1, -0.05) is 41.9 Å². The van der Waals surface area contributed by atoms with Crippen LogP contribution in [-0.4, -0.2) is 37.0 Å². The van der Waals surface area contributed by atoms with Gasteiger partial charge in [0.1, 0.15) is 4.34 Å². The molecule has 1 aromatic heterocycles. The monoisotopic (exact) mass is 320 g/mol. The van der Waals surface area contributed by atoms with Crippen LogP contribution in [0.3, 0.4) is 0 Å². The molecule has 5 heteroatoms. The van der Waals surface area contributed by atoms with Crippen LogP contribution in [0.15, 0.2) is 36.4 Å². The summed E-state index contributed by atoms with van der Waals surface area (Å²) in [6.45, 7) is 3.35. The molecule has 0 radical (unpaired) electrons. The molecule has 1 aliphatic rings. The first-order valence-corrected chi connectivity index (χ1v) is 8.30. The van der Waals surface area contributed by atoms with E-state index in [4.69, 9.17) is 11.6 Å². The number of hydrogen-bond acceptors (Lipinski definition) is 3. The number of nitrogens with one attached hydrogen (secondary N) is 1. The van der Waals surface area contributed by atoms with E-state index >= 15 is 0 Å². The van der Waals surface area contributed by atoms with Crippen LogP contribution in [0.25, 0.3) is 10.4 Å². The molecular formula is C16H17ClN2OS. The molecule has 0 saturated carbocycles. The van der Waals surface area contributed by atoms with Crippen molar-refractivity contribution in [2.75, 3.05) is 26.2 Å². The first kappa shape index (κ1) is 14.6. The number of halogens is 1. The van der Waals surface area contributed by atoms with Crippen molar-refractivity contribution in [1.29, 1.82) is 0 Å². The number of thiophene rings is 1. The maximum absolute atomic E-state index is 12.6. The number of amides is 1. The first-order valence-electron chi connectivity index (χ1n) is 7.10. The van der Waals surface area contributed by atoms with Crippen LogP contribution in [0.5, 0.6) is 0 Å². The average Bonchev–Trinajstić information content (AvgIpc) is 2.74. The zero-order chi connectivity index (χ0) is 14.7. The molecule has 3 nitrogen and oxygen atoms in total. The second-order valence-electron chi connectivity index (χ2n) is 5.06. The summed E-state index contributed by atoms with van der Waals surface area (Å²) >= 11 is 7.77. The molecular weight excluding hydrogens is 304 g/mol. The van der Waals surface area contributed by atoms with Gasteiger partial charge in [-0.3, -0.25) is 4.79 Å². The minimum Gasteiger partial charge on any atom is -0.337 e. The quantitative estimate of drug-likeness (QED) is 0.918. The Morgan fingerprint density at radius 1 is 1.19 bits per heavy atom. The Bertz CT molecular complexity index is 618. The Balaban J connectivity index is 1.85. The van der Waals surface area contributed by atoms with E-state index in [0.29, 0.717) is 9.90 Å². The summed E-state index contributed by atoms with van der Waals surface area (Å²) in [4.78, 5) is 15.6. The van der Waals surface area contributed by atoms with E-state index in [1.165, 1.54) is 11.3 Å². The average molecular weight is 321 g/mol. The lowest BCUT2D eigenvalue weighted by atomic mass is 10.1. The molecule has 0 bridgehead atoms. The predicted octanol–water partition coefficient (Wildman–Crippen LogP) is 3.50. The topological polar surface area (TPSA) is 32.3 Å². The second kappa shape index (κ2) is 6.60. The van der Waals surface area contributed by atoms with E-state index < -0.39 is 0 Å². The van der Waals surface area contributed by atoms with E-state index in [9.17, 15) is 4.79 Å². The third kappa shape index (κ3) is 3.28. The molecule has 1 N–H and O–H groups in total. The summed E-state index contributed by atoms with van der Waals surface area (Å²) < 4.78 is 0.580. The number of rotatable bonds is 2. The van der Waals surface area contributed by atoms with Gasteiger partial charge in [-0.15, -0.1) is 11.3 Å². The van der Waals surface area contributed by atoms with Gasteiger partial charge in [0.05, 0.1) is 5.56 Å². The Kier molecular flexibility index (Phi) is 4.58. The Hall–Kier alpha value is -1.36. The van der Waals surface area contributed by atoms with E-state index in [2.05, 4.69) is 5.32 Å². The molecule has 0 unspecified atom stereocenters.